The summed E-state index contributed by atoms with van der Waals surface area (Å²) in [6.45, 7) is 2.18. The minimum Gasteiger partial charge on any atom is -0.334 e. The number of carbonyl (C=O) groups is 3. The van der Waals surface area contributed by atoms with Crippen molar-refractivity contribution >= 4 is 17.8 Å². The van der Waals surface area contributed by atoms with Crippen LogP contribution in [0.1, 0.15) is 42.9 Å². The maximum Gasteiger partial charge on any atom is 0.325 e. The summed E-state index contributed by atoms with van der Waals surface area (Å²) in [7, 11) is 0. The van der Waals surface area contributed by atoms with E-state index in [1.807, 2.05) is 31.2 Å². The third-order valence-corrected chi connectivity index (χ3v) is 7.20. The van der Waals surface area contributed by atoms with Crippen LogP contribution in [0, 0.1) is 11.7 Å². The normalized spacial score (nSPS) is 22.8. The molecule has 3 aliphatic rings. The average molecular weight is 435 g/mol. The highest BCUT2D eigenvalue weighted by Gasteiger charge is 2.57. The van der Waals surface area contributed by atoms with Crippen LogP contribution < -0.4 is 5.32 Å². The molecule has 2 aliphatic carbocycles. The average Bonchev–Trinajstić information content (AvgIpc) is 3.52. The zero-order valence-corrected chi connectivity index (χ0v) is 18.0. The molecule has 32 heavy (non-hydrogen) atoms. The number of imide groups is 1. The first kappa shape index (κ1) is 20.7. The number of hydrogen-bond donors (Lipinski definition) is 1. The summed E-state index contributed by atoms with van der Waals surface area (Å²) in [5, 5.41) is 2.44. The van der Waals surface area contributed by atoms with Crippen LogP contribution in [-0.2, 0) is 28.1 Å². The Balaban J connectivity index is 1.43. The molecule has 1 saturated heterocycles. The van der Waals surface area contributed by atoms with Gasteiger partial charge in [0.1, 0.15) is 17.9 Å². The van der Waals surface area contributed by atoms with Crippen LogP contribution >= 0.6 is 0 Å². The van der Waals surface area contributed by atoms with E-state index in [-0.39, 0.29) is 30.2 Å². The lowest BCUT2D eigenvalue weighted by molar-refractivity contribution is -0.137. The van der Waals surface area contributed by atoms with Gasteiger partial charge < -0.3 is 4.90 Å². The lowest BCUT2D eigenvalue weighted by Gasteiger charge is -2.36. The van der Waals surface area contributed by atoms with Crippen LogP contribution in [0.5, 0.6) is 0 Å². The Morgan fingerprint density at radius 2 is 1.91 bits per heavy atom. The Hall–Kier alpha value is -3.22. The topological polar surface area (TPSA) is 69.7 Å². The van der Waals surface area contributed by atoms with Gasteiger partial charge in [0.2, 0.25) is 5.91 Å². The first-order valence-electron chi connectivity index (χ1n) is 11.2. The summed E-state index contributed by atoms with van der Waals surface area (Å²) in [6.07, 6.45) is 3.27. The maximum atomic E-state index is 13.6. The number of nitrogens with one attached hydrogen (secondary N) is 1. The molecule has 0 unspecified atom stereocenters. The largest absolute Gasteiger partial charge is 0.334 e. The van der Waals surface area contributed by atoms with Crippen molar-refractivity contribution in [2.45, 2.75) is 50.7 Å². The van der Waals surface area contributed by atoms with E-state index in [2.05, 4.69) is 5.32 Å². The van der Waals surface area contributed by atoms with E-state index in [1.165, 1.54) is 17.0 Å². The second-order valence-corrected chi connectivity index (χ2v) is 9.09. The van der Waals surface area contributed by atoms with Gasteiger partial charge in [0.15, 0.2) is 0 Å². The highest BCUT2D eigenvalue weighted by molar-refractivity contribution is 6.09. The lowest BCUT2D eigenvalue weighted by Crippen LogP contribution is -2.51. The summed E-state index contributed by atoms with van der Waals surface area (Å²) >= 11 is 0. The third-order valence-electron chi connectivity index (χ3n) is 7.20. The molecule has 2 atom stereocenters. The number of urea groups is 1. The first-order valence-corrected chi connectivity index (χ1v) is 11.2. The molecular weight excluding hydrogens is 409 g/mol. The van der Waals surface area contributed by atoms with Gasteiger partial charge in [-0.15, -0.1) is 0 Å². The molecule has 1 N–H and O–H groups in total. The number of carbonyl (C=O) groups excluding carboxylic acids is 3. The molecule has 5 rings (SSSR count). The van der Waals surface area contributed by atoms with E-state index >= 15 is 0 Å². The van der Waals surface area contributed by atoms with Gasteiger partial charge in [-0.2, -0.15) is 0 Å². The van der Waals surface area contributed by atoms with Crippen molar-refractivity contribution in [1.82, 2.24) is 15.1 Å². The van der Waals surface area contributed by atoms with E-state index in [9.17, 15) is 18.8 Å². The number of benzene rings is 2. The number of nitrogens with zero attached hydrogens (tertiary/aromatic N) is 2. The first-order chi connectivity index (χ1) is 15.4. The number of aryl methyl sites for hydroxylation is 1. The Bertz CT molecular complexity index is 1080. The van der Waals surface area contributed by atoms with Crippen molar-refractivity contribution < 1.29 is 18.8 Å². The van der Waals surface area contributed by atoms with Crippen LogP contribution in [-0.4, -0.2) is 40.2 Å². The summed E-state index contributed by atoms with van der Waals surface area (Å²) < 4.78 is 13.4. The van der Waals surface area contributed by atoms with Gasteiger partial charge in [0.05, 0.1) is 0 Å². The molecular formula is C25H26FN3O3. The zero-order valence-electron chi connectivity index (χ0n) is 18.0. The number of halogens is 1. The smallest absolute Gasteiger partial charge is 0.325 e. The minimum atomic E-state index is -1.13. The second-order valence-electron chi connectivity index (χ2n) is 9.09. The molecule has 0 aromatic heterocycles. The third kappa shape index (κ3) is 3.36. The van der Waals surface area contributed by atoms with Crippen molar-refractivity contribution in [2.24, 2.45) is 5.92 Å². The fourth-order valence-electron chi connectivity index (χ4n) is 5.18. The van der Waals surface area contributed by atoms with E-state index in [0.717, 1.165) is 29.5 Å². The van der Waals surface area contributed by atoms with Gasteiger partial charge in [-0.25, -0.2) is 9.18 Å². The number of rotatable bonds is 6. The summed E-state index contributed by atoms with van der Waals surface area (Å²) in [5.41, 5.74) is 1.53. The molecule has 166 valence electrons. The SMILES string of the molecule is C[C@@H](C1CC1)N(Cc1ccc(F)cc1)C(=O)CN1C(=O)NC(=O)[C@@]12CCc1ccccc12. The zero-order chi connectivity index (χ0) is 22.5. The molecule has 2 aromatic rings. The standard InChI is InChI=1S/C25H26FN3O3/c1-16(18-8-9-18)28(14-17-6-10-20(26)11-7-17)22(30)15-29-24(32)27-23(31)25(29)13-12-19-4-2-3-5-21(19)25/h2-7,10-11,16,18H,8-9,12-15H2,1H3,(H,27,31,32)/t16-,25-/m0/s1. The van der Waals surface area contributed by atoms with Crippen LogP contribution in [0.4, 0.5) is 9.18 Å². The van der Waals surface area contributed by atoms with E-state index in [4.69, 9.17) is 0 Å². The highest BCUT2D eigenvalue weighted by Crippen LogP contribution is 2.44. The monoisotopic (exact) mass is 435 g/mol. The van der Waals surface area contributed by atoms with Crippen LogP contribution in [0.15, 0.2) is 48.5 Å². The van der Waals surface area contributed by atoms with Gasteiger partial charge >= 0.3 is 6.03 Å². The lowest BCUT2D eigenvalue weighted by atomic mass is 9.90. The fourth-order valence-corrected chi connectivity index (χ4v) is 5.18. The molecule has 1 spiro atoms. The van der Waals surface area contributed by atoms with E-state index in [0.29, 0.717) is 25.3 Å². The van der Waals surface area contributed by atoms with Crippen LogP contribution in [0.2, 0.25) is 0 Å². The predicted octanol–water partition coefficient (Wildman–Crippen LogP) is 3.35. The maximum absolute atomic E-state index is 13.6. The second kappa shape index (κ2) is 7.73. The Labute approximate surface area is 186 Å². The fraction of sp³-hybridized carbons (Fsp3) is 0.400. The Morgan fingerprint density at radius 1 is 1.19 bits per heavy atom. The molecule has 1 aliphatic heterocycles. The summed E-state index contributed by atoms with van der Waals surface area (Å²) in [6, 6.07) is 13.2. The van der Waals surface area contributed by atoms with Gasteiger partial charge in [-0.3, -0.25) is 19.8 Å². The van der Waals surface area contributed by atoms with Gasteiger partial charge in [-0.1, -0.05) is 36.4 Å². The van der Waals surface area contributed by atoms with Crippen molar-refractivity contribution in [3.63, 3.8) is 0 Å². The minimum absolute atomic E-state index is 0.000679. The molecule has 4 amide bonds. The van der Waals surface area contributed by atoms with Crippen molar-refractivity contribution in [2.75, 3.05) is 6.54 Å². The molecule has 0 bridgehead atoms. The predicted molar refractivity (Wildman–Crippen MR) is 116 cm³/mol. The molecule has 1 saturated carbocycles. The molecule has 6 nitrogen and oxygen atoms in total. The summed E-state index contributed by atoms with van der Waals surface area (Å²) in [4.78, 5) is 42.5. The Kier molecular flexibility index (Phi) is 4.99. The highest BCUT2D eigenvalue weighted by atomic mass is 19.1. The number of amides is 4. The van der Waals surface area contributed by atoms with Crippen molar-refractivity contribution in [3.8, 4) is 0 Å². The molecule has 2 fully saturated rings. The Morgan fingerprint density at radius 3 is 2.62 bits per heavy atom. The van der Waals surface area contributed by atoms with Crippen molar-refractivity contribution in [1.29, 1.82) is 0 Å². The quantitative estimate of drug-likeness (QED) is 0.708. The number of hydrogen-bond acceptors (Lipinski definition) is 3. The molecule has 7 heteroatoms. The van der Waals surface area contributed by atoms with Gasteiger partial charge in [0, 0.05) is 12.6 Å². The number of fused-ring (bicyclic) bond motifs is 2. The molecule has 0 radical (unpaired) electrons. The van der Waals surface area contributed by atoms with E-state index in [1.54, 1.807) is 17.0 Å². The van der Waals surface area contributed by atoms with Crippen LogP contribution in [0.25, 0.3) is 0 Å². The van der Waals surface area contributed by atoms with Gasteiger partial charge in [-0.05, 0) is 67.3 Å². The molecule has 2 aromatic carbocycles. The molecule has 1 heterocycles. The van der Waals surface area contributed by atoms with Gasteiger partial charge in [0.25, 0.3) is 5.91 Å². The summed E-state index contributed by atoms with van der Waals surface area (Å²) in [5.74, 6) is -0.464. The van der Waals surface area contributed by atoms with Crippen LogP contribution in [0.3, 0.4) is 0 Å². The van der Waals surface area contributed by atoms with E-state index < -0.39 is 11.6 Å². The van der Waals surface area contributed by atoms with Crippen molar-refractivity contribution in [3.05, 3.63) is 71.0 Å².